The fraction of sp³-hybridized carbons (Fsp3) is 0.143. The van der Waals surface area contributed by atoms with E-state index in [1.165, 1.54) is 6.92 Å². The molecule has 0 saturated heterocycles. The average molecular weight is 415 g/mol. The lowest BCUT2D eigenvalue weighted by Crippen LogP contribution is -2.30. The van der Waals surface area contributed by atoms with Gasteiger partial charge in [0.05, 0.1) is 10.6 Å². The van der Waals surface area contributed by atoms with Gasteiger partial charge in [-0.1, -0.05) is 18.5 Å². The van der Waals surface area contributed by atoms with Crippen LogP contribution in [0.4, 0.5) is 22.0 Å². The number of carbonyl (C=O) groups is 1. The third-order valence-electron chi connectivity index (χ3n) is 3.07. The lowest BCUT2D eigenvalue weighted by Gasteiger charge is -2.11. The van der Waals surface area contributed by atoms with E-state index in [9.17, 15) is 35.2 Å². The Morgan fingerprint density at radius 3 is 2.27 bits per heavy atom. The SMILES string of the molecule is CCC(=O)NS(=O)(=O)c1nc(-c2c(F)cc(F)c(F)c2F)c(F)cc1Cl. The molecule has 2 aromatic rings. The van der Waals surface area contributed by atoms with Gasteiger partial charge < -0.3 is 0 Å². The Morgan fingerprint density at radius 2 is 1.69 bits per heavy atom. The first-order valence-electron chi connectivity index (χ1n) is 6.74. The van der Waals surface area contributed by atoms with Gasteiger partial charge in [-0.2, -0.15) is 8.42 Å². The first-order valence-corrected chi connectivity index (χ1v) is 8.60. The van der Waals surface area contributed by atoms with Gasteiger partial charge in [0.15, 0.2) is 28.3 Å². The Balaban J connectivity index is 2.75. The first-order chi connectivity index (χ1) is 12.0. The van der Waals surface area contributed by atoms with Crippen molar-refractivity contribution in [3.63, 3.8) is 0 Å². The quantitative estimate of drug-likeness (QED) is 0.473. The minimum absolute atomic E-state index is 0.0590. The minimum atomic E-state index is -4.72. The number of pyridine rings is 1. The van der Waals surface area contributed by atoms with Crippen LogP contribution >= 0.6 is 11.6 Å². The molecular weight excluding hydrogens is 407 g/mol. The molecule has 0 fully saturated rings. The van der Waals surface area contributed by atoms with E-state index in [4.69, 9.17) is 11.6 Å². The predicted octanol–water partition coefficient (Wildman–Crippen LogP) is 3.31. The summed E-state index contributed by atoms with van der Waals surface area (Å²) in [4.78, 5) is 14.5. The van der Waals surface area contributed by atoms with Crippen molar-refractivity contribution in [2.45, 2.75) is 18.4 Å². The summed E-state index contributed by atoms with van der Waals surface area (Å²) in [6.07, 6.45) is -0.239. The number of benzene rings is 1. The number of nitrogens with one attached hydrogen (secondary N) is 1. The van der Waals surface area contributed by atoms with Crippen LogP contribution in [0.2, 0.25) is 5.02 Å². The van der Waals surface area contributed by atoms with Gasteiger partial charge >= 0.3 is 0 Å². The van der Waals surface area contributed by atoms with Crippen LogP contribution in [0.1, 0.15) is 13.3 Å². The van der Waals surface area contributed by atoms with Crippen molar-refractivity contribution >= 4 is 27.5 Å². The second-order valence-electron chi connectivity index (χ2n) is 4.83. The van der Waals surface area contributed by atoms with Crippen LogP contribution in [0.15, 0.2) is 17.2 Å². The molecule has 0 spiro atoms. The number of carbonyl (C=O) groups excluding carboxylic acids is 1. The fourth-order valence-electron chi connectivity index (χ4n) is 1.87. The second-order valence-corrected chi connectivity index (χ2v) is 6.84. The molecule has 1 N–H and O–H groups in total. The van der Waals surface area contributed by atoms with Crippen LogP contribution < -0.4 is 4.72 Å². The van der Waals surface area contributed by atoms with Crippen LogP contribution in [-0.4, -0.2) is 19.3 Å². The van der Waals surface area contributed by atoms with Crippen LogP contribution in [-0.2, 0) is 14.8 Å². The normalized spacial score (nSPS) is 11.5. The van der Waals surface area contributed by atoms with Crippen molar-refractivity contribution in [1.82, 2.24) is 9.71 Å². The van der Waals surface area contributed by atoms with E-state index < -0.39 is 66.3 Å². The molecule has 0 atom stereocenters. The van der Waals surface area contributed by atoms with E-state index in [1.807, 2.05) is 0 Å². The van der Waals surface area contributed by atoms with Crippen molar-refractivity contribution in [1.29, 1.82) is 0 Å². The summed E-state index contributed by atoms with van der Waals surface area (Å²) in [5.41, 5.74) is -2.70. The summed E-state index contributed by atoms with van der Waals surface area (Å²) in [6, 6.07) is 0.297. The second kappa shape index (κ2) is 7.16. The Labute approximate surface area is 148 Å². The smallest absolute Gasteiger partial charge is 0.274 e. The molecule has 0 radical (unpaired) electrons. The lowest BCUT2D eigenvalue weighted by molar-refractivity contribution is -0.119. The Morgan fingerprint density at radius 1 is 1.08 bits per heavy atom. The highest BCUT2D eigenvalue weighted by Gasteiger charge is 2.29. The van der Waals surface area contributed by atoms with Gasteiger partial charge in [0, 0.05) is 12.5 Å². The number of amides is 1. The van der Waals surface area contributed by atoms with E-state index in [0.29, 0.717) is 6.07 Å². The summed E-state index contributed by atoms with van der Waals surface area (Å²) >= 11 is 5.58. The standard InChI is InChI=1S/C14H8ClF5N2O3S/c1-2-9(23)22-26(24,25)14-5(15)3-8(18)13(21-14)10-6(16)4-7(17)11(19)12(10)20/h3-4H,2H2,1H3,(H,22,23). The summed E-state index contributed by atoms with van der Waals surface area (Å²) in [5, 5.41) is -1.92. The molecule has 1 heterocycles. The van der Waals surface area contributed by atoms with Gasteiger partial charge in [-0.05, 0) is 6.07 Å². The first kappa shape index (κ1) is 20.0. The summed E-state index contributed by atoms with van der Waals surface area (Å²) < 4.78 is 93.9. The highest BCUT2D eigenvalue weighted by Crippen LogP contribution is 2.32. The van der Waals surface area contributed by atoms with Gasteiger partial charge in [0.25, 0.3) is 10.0 Å². The number of aromatic nitrogens is 1. The third-order valence-corrected chi connectivity index (χ3v) is 4.79. The topological polar surface area (TPSA) is 76.1 Å². The number of halogens is 6. The third kappa shape index (κ3) is 3.63. The maximum absolute atomic E-state index is 14.0. The minimum Gasteiger partial charge on any atom is -0.274 e. The van der Waals surface area contributed by atoms with Crippen molar-refractivity contribution in [2.75, 3.05) is 0 Å². The molecule has 0 saturated carbocycles. The Bertz CT molecular complexity index is 1010. The maximum atomic E-state index is 14.0. The van der Waals surface area contributed by atoms with Crippen LogP contribution in [0, 0.1) is 29.1 Å². The largest absolute Gasteiger partial charge is 0.283 e. The predicted molar refractivity (Wildman–Crippen MR) is 80.1 cm³/mol. The molecular formula is C14H8ClF5N2O3S. The molecule has 1 aromatic carbocycles. The van der Waals surface area contributed by atoms with Gasteiger partial charge in [-0.3, -0.25) is 4.79 Å². The molecule has 0 aliphatic rings. The molecule has 2 rings (SSSR count). The summed E-state index contributed by atoms with van der Waals surface area (Å²) in [7, 11) is -4.72. The van der Waals surface area contributed by atoms with Crippen LogP contribution in [0.5, 0.6) is 0 Å². The zero-order valence-electron chi connectivity index (χ0n) is 12.7. The number of rotatable bonds is 4. The summed E-state index contributed by atoms with van der Waals surface area (Å²) in [5.74, 6) is -10.3. The molecule has 0 aliphatic carbocycles. The van der Waals surface area contributed by atoms with E-state index in [1.54, 1.807) is 4.72 Å². The molecule has 5 nitrogen and oxygen atoms in total. The Hall–Kier alpha value is -2.27. The van der Waals surface area contributed by atoms with Gasteiger partial charge in [-0.25, -0.2) is 31.7 Å². The highest BCUT2D eigenvalue weighted by molar-refractivity contribution is 7.90. The molecule has 0 aliphatic heterocycles. The molecule has 12 heteroatoms. The number of hydrogen-bond acceptors (Lipinski definition) is 4. The van der Waals surface area contributed by atoms with E-state index >= 15 is 0 Å². The van der Waals surface area contributed by atoms with Crippen molar-refractivity contribution in [3.05, 3.63) is 46.2 Å². The van der Waals surface area contributed by atoms with E-state index in [2.05, 4.69) is 4.98 Å². The van der Waals surface area contributed by atoms with Crippen LogP contribution in [0.25, 0.3) is 11.3 Å². The zero-order chi connectivity index (χ0) is 19.8. The molecule has 0 bridgehead atoms. The number of sulfonamides is 1. The molecule has 140 valence electrons. The Kier molecular flexibility index (Phi) is 5.52. The average Bonchev–Trinajstić information content (AvgIpc) is 2.53. The van der Waals surface area contributed by atoms with Crippen molar-refractivity contribution in [3.8, 4) is 11.3 Å². The highest BCUT2D eigenvalue weighted by atomic mass is 35.5. The van der Waals surface area contributed by atoms with Crippen molar-refractivity contribution in [2.24, 2.45) is 0 Å². The van der Waals surface area contributed by atoms with Crippen LogP contribution in [0.3, 0.4) is 0 Å². The maximum Gasteiger partial charge on any atom is 0.283 e. The molecule has 0 unspecified atom stereocenters. The monoisotopic (exact) mass is 414 g/mol. The van der Waals surface area contributed by atoms with Crippen molar-refractivity contribution < 1.29 is 35.2 Å². The van der Waals surface area contributed by atoms with E-state index in [-0.39, 0.29) is 12.5 Å². The van der Waals surface area contributed by atoms with Gasteiger partial charge in [0.1, 0.15) is 11.5 Å². The van der Waals surface area contributed by atoms with E-state index in [0.717, 1.165) is 0 Å². The fourth-order valence-corrected chi connectivity index (χ4v) is 3.38. The number of nitrogens with zero attached hydrogens (tertiary/aromatic N) is 1. The summed E-state index contributed by atoms with van der Waals surface area (Å²) in [6.45, 7) is 1.34. The molecule has 1 amide bonds. The zero-order valence-corrected chi connectivity index (χ0v) is 14.3. The molecule has 1 aromatic heterocycles. The van der Waals surface area contributed by atoms with Gasteiger partial charge in [0.2, 0.25) is 5.91 Å². The number of hydrogen-bond donors (Lipinski definition) is 1. The lowest BCUT2D eigenvalue weighted by atomic mass is 10.1. The molecule has 26 heavy (non-hydrogen) atoms. The van der Waals surface area contributed by atoms with Gasteiger partial charge in [-0.15, -0.1) is 0 Å².